The van der Waals surface area contributed by atoms with E-state index in [-0.39, 0.29) is 17.4 Å². The van der Waals surface area contributed by atoms with Gasteiger partial charge in [0.1, 0.15) is 5.75 Å². The van der Waals surface area contributed by atoms with E-state index in [4.69, 9.17) is 5.73 Å². The van der Waals surface area contributed by atoms with Gasteiger partial charge >= 0.3 is 6.61 Å². The second kappa shape index (κ2) is 7.18. The molecule has 1 aromatic heterocycles. The zero-order valence-corrected chi connectivity index (χ0v) is 12.1. The number of thioether (sulfide) groups is 1. The maximum Gasteiger partial charge on any atom is 0.387 e. The van der Waals surface area contributed by atoms with E-state index < -0.39 is 6.61 Å². The van der Waals surface area contributed by atoms with Crippen LogP contribution >= 0.6 is 23.1 Å². The van der Waals surface area contributed by atoms with Gasteiger partial charge in [-0.2, -0.15) is 8.78 Å². The van der Waals surface area contributed by atoms with Crippen LogP contribution < -0.4 is 15.8 Å². The van der Waals surface area contributed by atoms with Crippen molar-refractivity contribution in [3.8, 4) is 5.75 Å². The molecule has 0 aliphatic heterocycles. The summed E-state index contributed by atoms with van der Waals surface area (Å²) in [6.07, 6.45) is 0. The number of ether oxygens (including phenoxy) is 1. The number of carbonyl (C=O) groups excluding carboxylic acids is 1. The van der Waals surface area contributed by atoms with E-state index in [2.05, 4.69) is 20.3 Å². The summed E-state index contributed by atoms with van der Waals surface area (Å²) in [5.41, 5.74) is 5.91. The molecule has 1 heterocycles. The molecular weight excluding hydrogens is 322 g/mol. The summed E-state index contributed by atoms with van der Waals surface area (Å²) in [4.78, 5) is 11.7. The highest BCUT2D eigenvalue weighted by molar-refractivity contribution is 8.01. The van der Waals surface area contributed by atoms with Crippen LogP contribution in [0.15, 0.2) is 28.6 Å². The normalized spacial score (nSPS) is 10.6. The molecule has 112 valence electrons. The molecule has 2 rings (SSSR count). The van der Waals surface area contributed by atoms with Crippen LogP contribution in [0.25, 0.3) is 0 Å². The zero-order valence-electron chi connectivity index (χ0n) is 10.5. The van der Waals surface area contributed by atoms with Crippen molar-refractivity contribution in [1.82, 2.24) is 10.2 Å². The Morgan fingerprint density at radius 3 is 2.67 bits per heavy atom. The minimum Gasteiger partial charge on any atom is -0.435 e. The van der Waals surface area contributed by atoms with Crippen molar-refractivity contribution in [1.29, 1.82) is 0 Å². The van der Waals surface area contributed by atoms with Crippen LogP contribution in [-0.2, 0) is 4.79 Å². The third kappa shape index (κ3) is 5.16. The fraction of sp³-hybridized carbons (Fsp3) is 0.182. The number of halogens is 2. The van der Waals surface area contributed by atoms with Gasteiger partial charge < -0.3 is 15.8 Å². The number of benzene rings is 1. The number of hydrogen-bond donors (Lipinski definition) is 2. The van der Waals surface area contributed by atoms with E-state index in [9.17, 15) is 13.6 Å². The number of anilines is 2. The molecule has 1 aromatic carbocycles. The number of carbonyl (C=O) groups is 1. The van der Waals surface area contributed by atoms with Crippen molar-refractivity contribution in [3.63, 3.8) is 0 Å². The maximum atomic E-state index is 12.0. The van der Waals surface area contributed by atoms with Gasteiger partial charge in [-0.25, -0.2) is 0 Å². The molecule has 6 nitrogen and oxygen atoms in total. The lowest BCUT2D eigenvalue weighted by molar-refractivity contribution is -0.113. The van der Waals surface area contributed by atoms with E-state index in [1.165, 1.54) is 47.4 Å². The molecule has 0 radical (unpaired) electrons. The number of rotatable bonds is 6. The number of aromatic nitrogens is 2. The van der Waals surface area contributed by atoms with Crippen LogP contribution in [0.2, 0.25) is 0 Å². The molecule has 0 spiro atoms. The number of nitrogens with two attached hydrogens (primary N) is 1. The maximum absolute atomic E-state index is 12.0. The smallest absolute Gasteiger partial charge is 0.387 e. The first-order valence-electron chi connectivity index (χ1n) is 5.59. The van der Waals surface area contributed by atoms with Crippen molar-refractivity contribution >= 4 is 39.8 Å². The molecule has 0 atom stereocenters. The molecule has 0 aliphatic carbocycles. The van der Waals surface area contributed by atoms with Crippen molar-refractivity contribution < 1.29 is 18.3 Å². The van der Waals surface area contributed by atoms with Crippen LogP contribution in [0, 0.1) is 0 Å². The second-order valence-electron chi connectivity index (χ2n) is 3.65. The van der Waals surface area contributed by atoms with Crippen LogP contribution in [-0.4, -0.2) is 28.5 Å². The Morgan fingerprint density at radius 2 is 2.10 bits per heavy atom. The first-order chi connectivity index (χ1) is 10.0. The fourth-order valence-electron chi connectivity index (χ4n) is 1.32. The Kier molecular flexibility index (Phi) is 5.28. The Morgan fingerprint density at radius 1 is 1.38 bits per heavy atom. The summed E-state index contributed by atoms with van der Waals surface area (Å²) in [6, 6.07) is 5.65. The largest absolute Gasteiger partial charge is 0.435 e. The van der Waals surface area contributed by atoms with Crippen LogP contribution in [0.3, 0.4) is 0 Å². The number of hydrogen-bond acceptors (Lipinski definition) is 7. The van der Waals surface area contributed by atoms with Crippen LogP contribution in [0.1, 0.15) is 0 Å². The van der Waals surface area contributed by atoms with Crippen LogP contribution in [0.4, 0.5) is 19.6 Å². The van der Waals surface area contributed by atoms with Crippen molar-refractivity contribution in [2.75, 3.05) is 16.8 Å². The molecule has 0 aliphatic rings. The summed E-state index contributed by atoms with van der Waals surface area (Å²) in [5, 5.41) is 10.4. The minimum absolute atomic E-state index is 0.0294. The van der Waals surface area contributed by atoms with Gasteiger partial charge in [0, 0.05) is 5.69 Å². The van der Waals surface area contributed by atoms with Crippen molar-refractivity contribution in [2.24, 2.45) is 0 Å². The van der Waals surface area contributed by atoms with Gasteiger partial charge in [-0.15, -0.1) is 10.2 Å². The molecule has 21 heavy (non-hydrogen) atoms. The van der Waals surface area contributed by atoms with Gasteiger partial charge in [-0.1, -0.05) is 23.1 Å². The van der Waals surface area contributed by atoms with E-state index in [1.807, 2.05) is 0 Å². The van der Waals surface area contributed by atoms with Gasteiger partial charge in [-0.3, -0.25) is 4.79 Å². The molecule has 0 saturated carbocycles. The highest BCUT2D eigenvalue weighted by Crippen LogP contribution is 2.23. The predicted molar refractivity (Wildman–Crippen MR) is 76.7 cm³/mol. The van der Waals surface area contributed by atoms with Crippen LogP contribution in [0.5, 0.6) is 5.75 Å². The monoisotopic (exact) mass is 332 g/mol. The molecule has 2 aromatic rings. The summed E-state index contributed by atoms with van der Waals surface area (Å²) in [6.45, 7) is -2.87. The number of nitrogens with zero attached hydrogens (tertiary/aromatic N) is 2. The Bertz CT molecular complexity index is 607. The lowest BCUT2D eigenvalue weighted by Crippen LogP contribution is -2.13. The summed E-state index contributed by atoms with van der Waals surface area (Å²) in [7, 11) is 0. The van der Waals surface area contributed by atoms with Gasteiger partial charge in [-0.05, 0) is 24.3 Å². The molecule has 0 fully saturated rings. The topological polar surface area (TPSA) is 90.1 Å². The van der Waals surface area contributed by atoms with E-state index in [1.54, 1.807) is 0 Å². The van der Waals surface area contributed by atoms with Gasteiger partial charge in [0.2, 0.25) is 11.0 Å². The standard InChI is InChI=1S/C11H10F2N4O2S2/c12-9(13)19-7-3-1-6(2-4-7)15-8(18)5-20-11-17-16-10(14)21-11/h1-4,9H,5H2,(H2,14,16)(H,15,18). The summed E-state index contributed by atoms with van der Waals surface area (Å²) in [5.74, 6) is -0.0813. The molecular formula is C11H10F2N4O2S2. The van der Waals surface area contributed by atoms with Gasteiger partial charge in [0.15, 0.2) is 4.34 Å². The SMILES string of the molecule is Nc1nnc(SCC(=O)Nc2ccc(OC(F)F)cc2)s1. The predicted octanol–water partition coefficient (Wildman–Crippen LogP) is 2.45. The third-order valence-corrected chi connectivity index (χ3v) is 4.00. The zero-order chi connectivity index (χ0) is 15.2. The van der Waals surface area contributed by atoms with Gasteiger partial charge in [0.25, 0.3) is 0 Å². The average Bonchev–Trinajstić information content (AvgIpc) is 2.84. The molecule has 3 N–H and O–H groups in total. The molecule has 0 bridgehead atoms. The number of nitrogen functional groups attached to an aromatic ring is 1. The van der Waals surface area contributed by atoms with Gasteiger partial charge in [0.05, 0.1) is 5.75 Å². The highest BCUT2D eigenvalue weighted by Gasteiger charge is 2.08. The summed E-state index contributed by atoms with van der Waals surface area (Å²) >= 11 is 2.40. The van der Waals surface area contributed by atoms with E-state index >= 15 is 0 Å². The van der Waals surface area contributed by atoms with E-state index in [0.717, 1.165) is 0 Å². The molecule has 1 amide bonds. The van der Waals surface area contributed by atoms with Crippen molar-refractivity contribution in [3.05, 3.63) is 24.3 Å². The first-order valence-corrected chi connectivity index (χ1v) is 7.39. The third-order valence-electron chi connectivity index (χ3n) is 2.11. The average molecular weight is 332 g/mol. The molecule has 0 unspecified atom stereocenters. The number of alkyl halides is 2. The lowest BCUT2D eigenvalue weighted by atomic mass is 10.3. The number of nitrogens with one attached hydrogen (secondary N) is 1. The molecule has 10 heteroatoms. The highest BCUT2D eigenvalue weighted by atomic mass is 32.2. The lowest BCUT2D eigenvalue weighted by Gasteiger charge is -2.07. The number of amides is 1. The summed E-state index contributed by atoms with van der Waals surface area (Å²) < 4.78 is 28.8. The minimum atomic E-state index is -2.87. The molecule has 0 saturated heterocycles. The first kappa shape index (κ1) is 15.4. The Labute approximate surface area is 126 Å². The quantitative estimate of drug-likeness (QED) is 0.790. The fourth-order valence-corrected chi connectivity index (χ4v) is 2.76. The second-order valence-corrected chi connectivity index (χ2v) is 5.88. The van der Waals surface area contributed by atoms with E-state index in [0.29, 0.717) is 15.2 Å². The van der Waals surface area contributed by atoms with Crippen molar-refractivity contribution in [2.45, 2.75) is 11.0 Å². The Balaban J connectivity index is 1.82. The Hall–Kier alpha value is -1.94.